The van der Waals surface area contributed by atoms with Gasteiger partial charge < -0.3 is 16.0 Å². The molecule has 1 aliphatic carbocycles. The van der Waals surface area contributed by atoms with Gasteiger partial charge in [0.15, 0.2) is 0 Å². The number of likely N-dealkylation sites (N-methyl/N-ethyl adjacent to an activating group) is 1. The normalized spacial score (nSPS) is 31.1. The Morgan fingerprint density at radius 3 is 2.16 bits per heavy atom. The fraction of sp³-hybridized carbons (Fsp3) is 0.714. The summed E-state index contributed by atoms with van der Waals surface area (Å²) in [5.41, 5.74) is 8.59. The van der Waals surface area contributed by atoms with Crippen LogP contribution < -0.4 is 16.0 Å². The highest BCUT2D eigenvalue weighted by molar-refractivity contribution is 5.55. The molecule has 1 saturated heterocycles. The number of piperazine rings is 1. The first-order valence-electron chi connectivity index (χ1n) is 10.2. The lowest BCUT2D eigenvalue weighted by Gasteiger charge is -2.45. The second kappa shape index (κ2) is 8.41. The number of anilines is 2. The van der Waals surface area contributed by atoms with E-state index >= 15 is 0 Å². The van der Waals surface area contributed by atoms with E-state index in [0.717, 1.165) is 32.1 Å². The Labute approximate surface area is 153 Å². The van der Waals surface area contributed by atoms with Gasteiger partial charge >= 0.3 is 0 Å². The molecule has 4 nitrogen and oxygen atoms in total. The second-order valence-electron chi connectivity index (χ2n) is 8.14. The number of hydrogen-bond donors (Lipinski definition) is 2. The zero-order chi connectivity index (χ0) is 17.8. The molecule has 3 rings (SSSR count). The number of nitrogens with zero attached hydrogens (tertiary/aromatic N) is 2. The molecule has 1 heterocycles. The van der Waals surface area contributed by atoms with Crippen molar-refractivity contribution in [1.29, 1.82) is 0 Å². The molecule has 25 heavy (non-hydrogen) atoms. The van der Waals surface area contributed by atoms with Gasteiger partial charge in [0.05, 0.1) is 0 Å². The Kier molecular flexibility index (Phi) is 6.24. The maximum Gasteiger partial charge on any atom is 0.0368 e. The van der Waals surface area contributed by atoms with Crippen LogP contribution in [0.5, 0.6) is 0 Å². The van der Waals surface area contributed by atoms with E-state index in [2.05, 4.69) is 60.2 Å². The first-order chi connectivity index (χ1) is 12.1. The van der Waals surface area contributed by atoms with Crippen LogP contribution in [0.3, 0.4) is 0 Å². The molecule has 2 aliphatic rings. The van der Waals surface area contributed by atoms with Gasteiger partial charge in [-0.2, -0.15) is 0 Å². The maximum atomic E-state index is 6.00. The van der Waals surface area contributed by atoms with Crippen molar-refractivity contribution in [1.82, 2.24) is 4.90 Å². The van der Waals surface area contributed by atoms with Gasteiger partial charge in [-0.3, -0.25) is 4.90 Å². The average Bonchev–Trinajstić information content (AvgIpc) is 2.61. The average molecular weight is 345 g/mol. The molecule has 0 aromatic heterocycles. The number of nitrogens with one attached hydrogen (secondary N) is 1. The SMILES string of the molecule is CCN1C(C)CN(c2ccc(NC[C@H]3CC[C@H](N)CC3)cc2)CC1C. The smallest absolute Gasteiger partial charge is 0.0368 e. The summed E-state index contributed by atoms with van der Waals surface area (Å²) in [5, 5.41) is 3.63. The van der Waals surface area contributed by atoms with Crippen LogP contribution in [0, 0.1) is 5.92 Å². The Bertz CT molecular complexity index is 509. The maximum absolute atomic E-state index is 6.00. The molecule has 2 atom stereocenters. The van der Waals surface area contributed by atoms with Gasteiger partial charge in [0.25, 0.3) is 0 Å². The topological polar surface area (TPSA) is 44.5 Å². The van der Waals surface area contributed by atoms with Crippen molar-refractivity contribution in [2.45, 2.75) is 64.6 Å². The summed E-state index contributed by atoms with van der Waals surface area (Å²) in [6, 6.07) is 10.7. The molecule has 4 heteroatoms. The molecule has 0 bridgehead atoms. The van der Waals surface area contributed by atoms with Crippen molar-refractivity contribution < 1.29 is 0 Å². The minimum Gasteiger partial charge on any atom is -0.385 e. The first-order valence-corrected chi connectivity index (χ1v) is 10.2. The Morgan fingerprint density at radius 2 is 1.60 bits per heavy atom. The molecular weight excluding hydrogens is 308 g/mol. The van der Waals surface area contributed by atoms with Crippen molar-refractivity contribution in [3.05, 3.63) is 24.3 Å². The number of benzene rings is 1. The molecule has 3 N–H and O–H groups in total. The zero-order valence-corrected chi connectivity index (χ0v) is 16.2. The summed E-state index contributed by atoms with van der Waals surface area (Å²) in [7, 11) is 0. The van der Waals surface area contributed by atoms with E-state index in [4.69, 9.17) is 5.73 Å². The zero-order valence-electron chi connectivity index (χ0n) is 16.2. The van der Waals surface area contributed by atoms with Crippen LogP contribution in [0.25, 0.3) is 0 Å². The molecule has 2 fully saturated rings. The third kappa shape index (κ3) is 4.68. The molecule has 1 aromatic carbocycles. The lowest BCUT2D eigenvalue weighted by atomic mass is 9.86. The highest BCUT2D eigenvalue weighted by atomic mass is 15.3. The standard InChI is InChI=1S/C21H36N4/c1-4-25-16(2)14-24(15-17(25)3)21-11-9-20(10-12-21)23-13-18-5-7-19(22)8-6-18/h9-12,16-19,23H,4-8,13-15,22H2,1-3H3/t16?,17?,18-,19-. The van der Waals surface area contributed by atoms with Gasteiger partial charge in [0.1, 0.15) is 0 Å². The van der Waals surface area contributed by atoms with E-state index in [0.29, 0.717) is 18.1 Å². The highest BCUT2D eigenvalue weighted by Gasteiger charge is 2.28. The van der Waals surface area contributed by atoms with Gasteiger partial charge in [-0.1, -0.05) is 6.92 Å². The molecule has 0 radical (unpaired) electrons. The minimum atomic E-state index is 0.438. The largest absolute Gasteiger partial charge is 0.385 e. The Hall–Kier alpha value is -1.26. The summed E-state index contributed by atoms with van der Waals surface area (Å²) < 4.78 is 0. The summed E-state index contributed by atoms with van der Waals surface area (Å²) in [5.74, 6) is 0.781. The molecule has 140 valence electrons. The molecule has 1 saturated carbocycles. The molecule has 2 unspecified atom stereocenters. The van der Waals surface area contributed by atoms with Crippen LogP contribution in [0.4, 0.5) is 11.4 Å². The van der Waals surface area contributed by atoms with Gasteiger partial charge in [-0.05, 0) is 76.3 Å². The second-order valence-corrected chi connectivity index (χ2v) is 8.14. The van der Waals surface area contributed by atoms with Crippen molar-refractivity contribution >= 4 is 11.4 Å². The molecule has 1 aliphatic heterocycles. The van der Waals surface area contributed by atoms with Crippen molar-refractivity contribution in [3.63, 3.8) is 0 Å². The van der Waals surface area contributed by atoms with E-state index in [-0.39, 0.29) is 0 Å². The highest BCUT2D eigenvalue weighted by Crippen LogP contribution is 2.26. The summed E-state index contributed by atoms with van der Waals surface area (Å²) in [6.07, 6.45) is 4.91. The fourth-order valence-electron chi connectivity index (χ4n) is 4.64. The van der Waals surface area contributed by atoms with Crippen LogP contribution in [0.15, 0.2) is 24.3 Å². The predicted octanol–water partition coefficient (Wildman–Crippen LogP) is 3.53. The molecular formula is C21H36N4. The third-order valence-electron chi connectivity index (χ3n) is 6.19. The third-order valence-corrected chi connectivity index (χ3v) is 6.19. The molecule has 1 aromatic rings. The Morgan fingerprint density at radius 1 is 1.00 bits per heavy atom. The molecule has 0 spiro atoms. The molecule has 0 amide bonds. The van der Waals surface area contributed by atoms with Crippen molar-refractivity contribution in [2.75, 3.05) is 36.4 Å². The predicted molar refractivity (Wildman–Crippen MR) is 108 cm³/mol. The van der Waals surface area contributed by atoms with Gasteiger partial charge in [0, 0.05) is 49.1 Å². The fourth-order valence-corrected chi connectivity index (χ4v) is 4.64. The van der Waals surface area contributed by atoms with E-state index in [1.54, 1.807) is 0 Å². The van der Waals surface area contributed by atoms with Crippen molar-refractivity contribution in [2.24, 2.45) is 11.7 Å². The monoisotopic (exact) mass is 344 g/mol. The summed E-state index contributed by atoms with van der Waals surface area (Å²) in [4.78, 5) is 5.14. The van der Waals surface area contributed by atoms with E-state index in [1.807, 2.05) is 0 Å². The number of rotatable bonds is 5. The lowest BCUT2D eigenvalue weighted by molar-refractivity contribution is 0.140. The van der Waals surface area contributed by atoms with Crippen LogP contribution >= 0.6 is 0 Å². The number of nitrogens with two attached hydrogens (primary N) is 1. The quantitative estimate of drug-likeness (QED) is 0.858. The summed E-state index contributed by atoms with van der Waals surface area (Å²) in [6.45, 7) is 11.4. The van der Waals surface area contributed by atoms with Crippen molar-refractivity contribution in [3.8, 4) is 0 Å². The first kappa shape index (κ1) is 18.5. The van der Waals surface area contributed by atoms with Gasteiger partial charge in [-0.15, -0.1) is 0 Å². The van der Waals surface area contributed by atoms with Crippen LogP contribution in [-0.2, 0) is 0 Å². The van der Waals surface area contributed by atoms with Crippen LogP contribution in [-0.4, -0.2) is 49.2 Å². The lowest BCUT2D eigenvalue weighted by Crippen LogP contribution is -2.56. The van der Waals surface area contributed by atoms with Crippen LogP contribution in [0.2, 0.25) is 0 Å². The van der Waals surface area contributed by atoms with E-state index in [1.165, 1.54) is 37.1 Å². The summed E-state index contributed by atoms with van der Waals surface area (Å²) >= 11 is 0. The Balaban J connectivity index is 1.52. The van der Waals surface area contributed by atoms with Gasteiger partial charge in [0.2, 0.25) is 0 Å². The van der Waals surface area contributed by atoms with Crippen LogP contribution in [0.1, 0.15) is 46.5 Å². The minimum absolute atomic E-state index is 0.438. The number of hydrogen-bond acceptors (Lipinski definition) is 4. The van der Waals surface area contributed by atoms with E-state index in [9.17, 15) is 0 Å². The van der Waals surface area contributed by atoms with Gasteiger partial charge in [-0.25, -0.2) is 0 Å². The van der Waals surface area contributed by atoms with E-state index < -0.39 is 0 Å².